The highest BCUT2D eigenvalue weighted by atomic mass is 32.2. The van der Waals surface area contributed by atoms with Crippen molar-refractivity contribution in [2.24, 2.45) is 0 Å². The summed E-state index contributed by atoms with van der Waals surface area (Å²) in [4.78, 5) is 22.3. The summed E-state index contributed by atoms with van der Waals surface area (Å²) < 4.78 is 28.6. The van der Waals surface area contributed by atoms with Gasteiger partial charge in [-0.3, -0.25) is 14.3 Å². The third kappa shape index (κ3) is 5.09. The SMILES string of the molecule is CSN1CCC(Nc2cc(-c3cncc(C(F)F)c3)cc3ccncc23)CC1.O=O. The predicted molar refractivity (Wildman–Crippen MR) is 118 cm³/mol. The van der Waals surface area contributed by atoms with Crippen LogP contribution >= 0.6 is 11.9 Å². The highest BCUT2D eigenvalue weighted by Crippen LogP contribution is 2.33. The van der Waals surface area contributed by atoms with Gasteiger partial charge < -0.3 is 5.32 Å². The summed E-state index contributed by atoms with van der Waals surface area (Å²) in [6, 6.07) is 7.88. The Balaban J connectivity index is 0.00000124. The molecule has 1 aliphatic heterocycles. The molecule has 0 saturated carbocycles. The molecule has 1 aliphatic rings. The molecule has 0 atom stereocenters. The van der Waals surface area contributed by atoms with E-state index in [1.165, 1.54) is 12.3 Å². The van der Waals surface area contributed by atoms with Crippen LogP contribution in [0, 0.1) is 9.93 Å². The molecule has 3 aromatic rings. The highest BCUT2D eigenvalue weighted by Gasteiger charge is 2.19. The van der Waals surface area contributed by atoms with Gasteiger partial charge >= 0.3 is 0 Å². The maximum Gasteiger partial charge on any atom is 0.265 e. The van der Waals surface area contributed by atoms with Gasteiger partial charge in [0.25, 0.3) is 6.43 Å². The fourth-order valence-electron chi connectivity index (χ4n) is 3.62. The first-order valence-corrected chi connectivity index (χ1v) is 10.7. The number of pyridine rings is 2. The van der Waals surface area contributed by atoms with Crippen molar-refractivity contribution in [1.82, 2.24) is 14.3 Å². The van der Waals surface area contributed by atoms with Gasteiger partial charge in [0.1, 0.15) is 0 Å². The zero-order chi connectivity index (χ0) is 21.5. The second-order valence-corrected chi connectivity index (χ2v) is 7.84. The number of halogens is 2. The van der Waals surface area contributed by atoms with Crippen molar-refractivity contribution in [3.8, 4) is 11.1 Å². The molecule has 9 heteroatoms. The van der Waals surface area contributed by atoms with Gasteiger partial charge in [0, 0.05) is 76.0 Å². The van der Waals surface area contributed by atoms with Gasteiger partial charge in [0.2, 0.25) is 0 Å². The molecule has 0 spiro atoms. The lowest BCUT2D eigenvalue weighted by atomic mass is 9.99. The quantitative estimate of drug-likeness (QED) is 0.537. The Kier molecular flexibility index (Phi) is 7.64. The number of anilines is 1. The Bertz CT molecular complexity index is 984. The molecule has 0 amide bonds. The number of piperidine rings is 1. The van der Waals surface area contributed by atoms with E-state index in [0.29, 0.717) is 11.6 Å². The maximum atomic E-state index is 13.1. The van der Waals surface area contributed by atoms with Crippen LogP contribution in [0.3, 0.4) is 0 Å². The maximum absolute atomic E-state index is 13.1. The summed E-state index contributed by atoms with van der Waals surface area (Å²) in [5.41, 5.74) is 2.49. The zero-order valence-corrected chi connectivity index (χ0v) is 17.2. The molecule has 1 aromatic carbocycles. The molecule has 2 aromatic heterocycles. The van der Waals surface area contributed by atoms with Crippen molar-refractivity contribution in [1.29, 1.82) is 0 Å². The topological polar surface area (TPSA) is 75.2 Å². The molecular formula is C21H22F2N4O2S. The van der Waals surface area contributed by atoms with Crippen LogP contribution in [0.25, 0.3) is 21.9 Å². The fraction of sp³-hybridized carbons (Fsp3) is 0.333. The minimum atomic E-state index is -2.53. The van der Waals surface area contributed by atoms with E-state index in [1.54, 1.807) is 24.3 Å². The molecule has 0 unspecified atom stereocenters. The van der Waals surface area contributed by atoms with Gasteiger partial charge in [-0.2, -0.15) is 0 Å². The smallest absolute Gasteiger partial charge is 0.265 e. The molecule has 30 heavy (non-hydrogen) atoms. The Morgan fingerprint density at radius 3 is 2.53 bits per heavy atom. The second kappa shape index (κ2) is 10.4. The number of aromatic nitrogens is 2. The first kappa shape index (κ1) is 22.0. The monoisotopic (exact) mass is 432 g/mol. The van der Waals surface area contributed by atoms with Crippen LogP contribution in [0.4, 0.5) is 14.5 Å². The van der Waals surface area contributed by atoms with Crippen LogP contribution in [0.1, 0.15) is 24.8 Å². The Morgan fingerprint density at radius 2 is 1.83 bits per heavy atom. The van der Waals surface area contributed by atoms with Crippen molar-refractivity contribution < 1.29 is 8.78 Å². The van der Waals surface area contributed by atoms with Crippen LogP contribution in [0.5, 0.6) is 0 Å². The van der Waals surface area contributed by atoms with Gasteiger partial charge in [-0.25, -0.2) is 8.78 Å². The second-order valence-electron chi connectivity index (χ2n) is 6.96. The molecule has 1 saturated heterocycles. The number of rotatable bonds is 5. The molecule has 158 valence electrons. The van der Waals surface area contributed by atoms with Gasteiger partial charge in [-0.1, -0.05) is 11.9 Å². The Morgan fingerprint density at radius 1 is 1.07 bits per heavy atom. The van der Waals surface area contributed by atoms with Crippen molar-refractivity contribution in [3.63, 3.8) is 0 Å². The summed E-state index contributed by atoms with van der Waals surface area (Å²) in [5, 5.41) is 5.74. The number of hydrogen-bond acceptors (Lipinski definition) is 7. The first-order chi connectivity index (χ1) is 14.6. The third-order valence-corrected chi connectivity index (χ3v) is 6.05. The van der Waals surface area contributed by atoms with Crippen LogP contribution in [-0.2, 0) is 0 Å². The summed E-state index contributed by atoms with van der Waals surface area (Å²) in [5.74, 6) is 0. The van der Waals surface area contributed by atoms with E-state index in [2.05, 4.69) is 25.8 Å². The van der Waals surface area contributed by atoms with Crippen molar-refractivity contribution in [2.45, 2.75) is 25.3 Å². The Hall–Kier alpha value is -2.65. The van der Waals surface area contributed by atoms with Gasteiger partial charge in [-0.05, 0) is 54.3 Å². The van der Waals surface area contributed by atoms with Crippen molar-refractivity contribution in [2.75, 3.05) is 24.7 Å². The lowest BCUT2D eigenvalue weighted by Crippen LogP contribution is -2.35. The van der Waals surface area contributed by atoms with Crippen molar-refractivity contribution in [3.05, 3.63) is 64.5 Å². The minimum Gasteiger partial charge on any atom is -0.382 e. The highest BCUT2D eigenvalue weighted by molar-refractivity contribution is 7.96. The van der Waals surface area contributed by atoms with Gasteiger partial charge in [0.05, 0.1) is 0 Å². The standard InChI is InChI=1S/C21H22F2N4S.O2/c1-28-27-6-3-18(4-7-27)26-20-10-15(8-14-2-5-24-13-19(14)20)16-9-17(21(22)23)12-25-11-16;1-2/h2,5,8-13,18,21,26H,3-4,6-7H2,1H3;. The molecule has 0 aliphatic carbocycles. The van der Waals surface area contributed by atoms with E-state index < -0.39 is 6.43 Å². The molecule has 1 N–H and O–H groups in total. The van der Waals surface area contributed by atoms with E-state index in [4.69, 9.17) is 9.93 Å². The van der Waals surface area contributed by atoms with Crippen LogP contribution in [0.2, 0.25) is 0 Å². The molecule has 6 nitrogen and oxygen atoms in total. The largest absolute Gasteiger partial charge is 0.382 e. The van der Waals surface area contributed by atoms with Crippen LogP contribution in [-0.4, -0.2) is 39.7 Å². The molecule has 0 radical (unpaired) electrons. The zero-order valence-electron chi connectivity index (χ0n) is 16.4. The summed E-state index contributed by atoms with van der Waals surface area (Å²) >= 11 is 1.79. The van der Waals surface area contributed by atoms with Crippen molar-refractivity contribution >= 4 is 28.4 Å². The normalized spacial score (nSPS) is 15.1. The fourth-order valence-corrected chi connectivity index (χ4v) is 4.20. The van der Waals surface area contributed by atoms with Gasteiger partial charge in [0.15, 0.2) is 0 Å². The van der Waals surface area contributed by atoms with E-state index in [1.807, 2.05) is 24.4 Å². The minimum absolute atomic E-state index is 0.0636. The number of nitrogens with zero attached hydrogens (tertiary/aromatic N) is 3. The molecule has 3 heterocycles. The lowest BCUT2D eigenvalue weighted by molar-refractivity contribution is 0.151. The summed E-state index contributed by atoms with van der Waals surface area (Å²) in [7, 11) is 0. The number of benzene rings is 1. The lowest BCUT2D eigenvalue weighted by Gasteiger charge is -2.31. The van der Waals surface area contributed by atoms with Crippen LogP contribution in [0.15, 0.2) is 49.1 Å². The third-order valence-electron chi connectivity index (χ3n) is 5.17. The first-order valence-electron chi connectivity index (χ1n) is 9.47. The van der Waals surface area contributed by atoms with Crippen LogP contribution < -0.4 is 5.32 Å². The number of alkyl halides is 2. The molecule has 1 fully saturated rings. The molecule has 0 bridgehead atoms. The average molecular weight is 432 g/mol. The van der Waals surface area contributed by atoms with E-state index in [0.717, 1.165) is 48.0 Å². The molecular weight excluding hydrogens is 410 g/mol. The number of hydrogen-bond donors (Lipinski definition) is 1. The average Bonchev–Trinajstić information content (AvgIpc) is 2.81. The Labute approximate surface area is 177 Å². The van der Waals surface area contributed by atoms with Gasteiger partial charge in [-0.15, -0.1) is 0 Å². The number of fused-ring (bicyclic) bond motifs is 1. The summed E-state index contributed by atoms with van der Waals surface area (Å²) in [6.07, 6.45) is 8.17. The van der Waals surface area contributed by atoms with E-state index >= 15 is 0 Å². The van der Waals surface area contributed by atoms with E-state index in [-0.39, 0.29) is 5.56 Å². The molecule has 4 rings (SSSR count). The summed E-state index contributed by atoms with van der Waals surface area (Å²) in [6.45, 7) is 2.10. The number of nitrogens with one attached hydrogen (secondary N) is 1. The predicted octanol–water partition coefficient (Wildman–Crippen LogP) is 5.46. The van der Waals surface area contributed by atoms with E-state index in [9.17, 15) is 8.78 Å².